The Morgan fingerprint density at radius 2 is 1.14 bits per heavy atom. The molecular formula is C4H10BO2. The van der Waals surface area contributed by atoms with Crippen molar-refractivity contribution in [2.45, 2.75) is 26.1 Å². The summed E-state index contributed by atoms with van der Waals surface area (Å²) >= 11 is 0. The molecule has 0 aliphatic rings. The van der Waals surface area contributed by atoms with Crippen molar-refractivity contribution in [3.05, 3.63) is 0 Å². The van der Waals surface area contributed by atoms with E-state index in [0.717, 1.165) is 0 Å². The van der Waals surface area contributed by atoms with Crippen molar-refractivity contribution in [2.24, 2.45) is 0 Å². The minimum Gasteiger partial charge on any atom is -0.391 e. The molecule has 41 valence electrons. The van der Waals surface area contributed by atoms with Crippen LogP contribution in [0.3, 0.4) is 0 Å². The van der Waals surface area contributed by atoms with Crippen LogP contribution in [-0.2, 0) is 0 Å². The summed E-state index contributed by atoms with van der Waals surface area (Å²) < 4.78 is 0. The van der Waals surface area contributed by atoms with Crippen LogP contribution in [0.4, 0.5) is 0 Å². The minimum absolute atomic E-state index is 0. The molecule has 2 atom stereocenters. The first kappa shape index (κ1) is 10.1. The van der Waals surface area contributed by atoms with Crippen LogP contribution in [0.25, 0.3) is 0 Å². The molecule has 0 aromatic carbocycles. The van der Waals surface area contributed by atoms with E-state index in [9.17, 15) is 0 Å². The Balaban J connectivity index is 0. The van der Waals surface area contributed by atoms with Crippen LogP contribution >= 0.6 is 0 Å². The molecule has 0 saturated carbocycles. The largest absolute Gasteiger partial charge is 0.391 e. The van der Waals surface area contributed by atoms with Crippen molar-refractivity contribution in [3.63, 3.8) is 0 Å². The summed E-state index contributed by atoms with van der Waals surface area (Å²) in [7, 11) is 0. The molecule has 0 fully saturated rings. The second kappa shape index (κ2) is 4.15. The Kier molecular flexibility index (Phi) is 5.97. The summed E-state index contributed by atoms with van der Waals surface area (Å²) in [6.07, 6.45) is -1.19. The van der Waals surface area contributed by atoms with Gasteiger partial charge in [-0.2, -0.15) is 0 Å². The van der Waals surface area contributed by atoms with Crippen molar-refractivity contribution in [3.8, 4) is 0 Å². The van der Waals surface area contributed by atoms with Gasteiger partial charge in [-0.05, 0) is 13.8 Å². The maximum absolute atomic E-state index is 8.38. The average molecular weight is 101 g/mol. The molecule has 0 spiro atoms. The van der Waals surface area contributed by atoms with Gasteiger partial charge in [0.2, 0.25) is 0 Å². The summed E-state index contributed by atoms with van der Waals surface area (Å²) in [6, 6.07) is 0. The smallest absolute Gasteiger partial charge is 0.0768 e. The first-order chi connectivity index (χ1) is 2.64. The Labute approximate surface area is 45.7 Å². The molecule has 0 aromatic rings. The van der Waals surface area contributed by atoms with Gasteiger partial charge in [-0.3, -0.25) is 0 Å². The predicted octanol–water partition coefficient (Wildman–Crippen LogP) is -0.633. The third-order valence-electron chi connectivity index (χ3n) is 0.698. The first-order valence-electron chi connectivity index (χ1n) is 2.00. The zero-order valence-electron chi connectivity index (χ0n) is 4.63. The fourth-order valence-electron chi connectivity index (χ4n) is 0. The topological polar surface area (TPSA) is 40.5 Å². The molecule has 0 aliphatic carbocycles. The molecule has 2 N–H and O–H groups in total. The van der Waals surface area contributed by atoms with Crippen LogP contribution in [0, 0.1) is 0 Å². The highest BCUT2D eigenvalue weighted by Gasteiger charge is 1.99. The Bertz CT molecular complexity index is 30.7. The molecule has 2 nitrogen and oxygen atoms in total. The van der Waals surface area contributed by atoms with E-state index < -0.39 is 12.2 Å². The van der Waals surface area contributed by atoms with E-state index in [0.29, 0.717) is 0 Å². The fourth-order valence-corrected chi connectivity index (χ4v) is 0. The number of hydrogen-bond acceptors (Lipinski definition) is 2. The lowest BCUT2D eigenvalue weighted by Crippen LogP contribution is -2.17. The molecule has 0 amide bonds. The summed E-state index contributed by atoms with van der Waals surface area (Å²) in [5.41, 5.74) is 0. The molecule has 3 radical (unpaired) electrons. The molecule has 0 saturated heterocycles. The Morgan fingerprint density at radius 3 is 1.14 bits per heavy atom. The van der Waals surface area contributed by atoms with Crippen molar-refractivity contribution in [1.82, 2.24) is 0 Å². The lowest BCUT2D eigenvalue weighted by atomic mass is 10.3. The van der Waals surface area contributed by atoms with Gasteiger partial charge in [0.25, 0.3) is 0 Å². The molecule has 7 heavy (non-hydrogen) atoms. The fraction of sp³-hybridized carbons (Fsp3) is 1.00. The van der Waals surface area contributed by atoms with Gasteiger partial charge in [0.15, 0.2) is 0 Å². The minimum atomic E-state index is -0.593. The highest BCUT2D eigenvalue weighted by atomic mass is 16.3. The van der Waals surface area contributed by atoms with E-state index in [1.54, 1.807) is 13.8 Å². The monoisotopic (exact) mass is 101 g/mol. The van der Waals surface area contributed by atoms with Crippen LogP contribution in [0.5, 0.6) is 0 Å². The second-order valence-corrected chi connectivity index (χ2v) is 1.48. The molecule has 0 aliphatic heterocycles. The van der Waals surface area contributed by atoms with Gasteiger partial charge < -0.3 is 10.2 Å². The van der Waals surface area contributed by atoms with E-state index in [1.807, 2.05) is 0 Å². The van der Waals surface area contributed by atoms with Crippen LogP contribution in [-0.4, -0.2) is 30.8 Å². The van der Waals surface area contributed by atoms with Crippen LogP contribution in [0.15, 0.2) is 0 Å². The summed E-state index contributed by atoms with van der Waals surface area (Å²) in [5.74, 6) is 0. The third kappa shape index (κ3) is 5.98. The van der Waals surface area contributed by atoms with E-state index in [4.69, 9.17) is 10.2 Å². The zero-order valence-corrected chi connectivity index (χ0v) is 4.63. The summed E-state index contributed by atoms with van der Waals surface area (Å²) in [5, 5.41) is 16.8. The maximum atomic E-state index is 8.38. The van der Waals surface area contributed by atoms with Crippen LogP contribution in [0.1, 0.15) is 13.8 Å². The zero-order chi connectivity index (χ0) is 5.15. The van der Waals surface area contributed by atoms with Gasteiger partial charge in [-0.1, -0.05) is 0 Å². The van der Waals surface area contributed by atoms with E-state index in [1.165, 1.54) is 0 Å². The van der Waals surface area contributed by atoms with Gasteiger partial charge in [0, 0.05) is 8.41 Å². The lowest BCUT2D eigenvalue weighted by molar-refractivity contribution is 0.0438. The molecule has 0 heterocycles. The number of rotatable bonds is 1. The van der Waals surface area contributed by atoms with Crippen molar-refractivity contribution >= 4 is 8.41 Å². The normalized spacial score (nSPS) is 17.1. The Morgan fingerprint density at radius 1 is 1.00 bits per heavy atom. The highest BCUT2D eigenvalue weighted by molar-refractivity contribution is 5.75. The van der Waals surface area contributed by atoms with Crippen molar-refractivity contribution in [2.75, 3.05) is 0 Å². The van der Waals surface area contributed by atoms with E-state index >= 15 is 0 Å². The van der Waals surface area contributed by atoms with Crippen molar-refractivity contribution in [1.29, 1.82) is 0 Å². The quantitative estimate of drug-likeness (QED) is 0.431. The summed E-state index contributed by atoms with van der Waals surface area (Å²) in [6.45, 7) is 3.09. The first-order valence-corrected chi connectivity index (χ1v) is 2.00. The van der Waals surface area contributed by atoms with Crippen molar-refractivity contribution < 1.29 is 10.2 Å². The SMILES string of the molecule is CC(O)C(C)O.[B]. The highest BCUT2D eigenvalue weighted by Crippen LogP contribution is 1.85. The standard InChI is InChI=1S/C4H10O2.B/c1-3(5)4(2)6;/h3-6H,1-2H3;. The third-order valence-corrected chi connectivity index (χ3v) is 0.698. The number of hydrogen-bond donors (Lipinski definition) is 2. The molecule has 0 aromatic heterocycles. The molecular weight excluding hydrogens is 90.9 g/mol. The van der Waals surface area contributed by atoms with Gasteiger partial charge in [0.1, 0.15) is 0 Å². The van der Waals surface area contributed by atoms with Crippen LogP contribution in [0.2, 0.25) is 0 Å². The van der Waals surface area contributed by atoms with Gasteiger partial charge >= 0.3 is 0 Å². The Hall–Kier alpha value is -0.0151. The van der Waals surface area contributed by atoms with Gasteiger partial charge in [-0.25, -0.2) is 0 Å². The van der Waals surface area contributed by atoms with Gasteiger partial charge in [0.05, 0.1) is 12.2 Å². The molecule has 0 rings (SSSR count). The van der Waals surface area contributed by atoms with E-state index in [2.05, 4.69) is 0 Å². The lowest BCUT2D eigenvalue weighted by Gasteiger charge is -2.03. The second-order valence-electron chi connectivity index (χ2n) is 1.48. The molecule has 3 heteroatoms. The molecule has 2 unspecified atom stereocenters. The summed E-state index contributed by atoms with van der Waals surface area (Å²) in [4.78, 5) is 0. The van der Waals surface area contributed by atoms with Crippen LogP contribution < -0.4 is 0 Å². The predicted molar refractivity (Wildman–Crippen MR) is 29.1 cm³/mol. The molecule has 0 bridgehead atoms. The van der Waals surface area contributed by atoms with E-state index in [-0.39, 0.29) is 8.41 Å². The number of aliphatic hydroxyl groups is 2. The number of aliphatic hydroxyl groups excluding tert-OH is 2. The maximum Gasteiger partial charge on any atom is 0.0768 e. The average Bonchev–Trinajstić information content (AvgIpc) is 1.36. The van der Waals surface area contributed by atoms with Gasteiger partial charge in [-0.15, -0.1) is 0 Å².